The Balaban J connectivity index is 2.40. The molecule has 0 aliphatic heterocycles. The summed E-state index contributed by atoms with van der Waals surface area (Å²) in [6.45, 7) is 0.176. The minimum atomic E-state index is -4.26. The predicted octanol–water partition coefficient (Wildman–Crippen LogP) is 2.39. The van der Waals surface area contributed by atoms with Gasteiger partial charge < -0.3 is 15.5 Å². The SMILES string of the molecule is CN(C)C(=O)CCNC(=O)Nc1ccc(CC(F)(F)F)cc1. The Morgan fingerprint density at radius 3 is 2.23 bits per heavy atom. The van der Waals surface area contributed by atoms with E-state index < -0.39 is 18.6 Å². The number of carbonyl (C=O) groups excluding carboxylic acids is 2. The lowest BCUT2D eigenvalue weighted by Crippen LogP contribution is -2.33. The molecule has 0 aromatic heterocycles. The summed E-state index contributed by atoms with van der Waals surface area (Å²) in [4.78, 5) is 24.3. The highest BCUT2D eigenvalue weighted by molar-refractivity contribution is 5.89. The Labute approximate surface area is 126 Å². The maximum atomic E-state index is 12.2. The first-order valence-corrected chi connectivity index (χ1v) is 6.58. The molecule has 0 aliphatic rings. The highest BCUT2D eigenvalue weighted by Crippen LogP contribution is 2.22. The molecule has 1 aromatic rings. The van der Waals surface area contributed by atoms with Crippen molar-refractivity contribution in [3.8, 4) is 0 Å². The summed E-state index contributed by atoms with van der Waals surface area (Å²) in [7, 11) is 3.23. The van der Waals surface area contributed by atoms with Crippen LogP contribution in [-0.2, 0) is 11.2 Å². The van der Waals surface area contributed by atoms with Gasteiger partial charge in [0.1, 0.15) is 0 Å². The van der Waals surface area contributed by atoms with Crippen LogP contribution in [0.2, 0.25) is 0 Å². The number of nitrogens with zero attached hydrogens (tertiary/aromatic N) is 1. The van der Waals surface area contributed by atoms with Gasteiger partial charge in [0.15, 0.2) is 0 Å². The topological polar surface area (TPSA) is 61.4 Å². The number of nitrogens with one attached hydrogen (secondary N) is 2. The Bertz CT molecular complexity index is 513. The van der Waals surface area contributed by atoms with E-state index in [2.05, 4.69) is 10.6 Å². The van der Waals surface area contributed by atoms with Gasteiger partial charge in [-0.1, -0.05) is 12.1 Å². The highest BCUT2D eigenvalue weighted by Gasteiger charge is 2.27. The number of benzene rings is 1. The third-order valence-corrected chi connectivity index (χ3v) is 2.74. The van der Waals surface area contributed by atoms with Crippen molar-refractivity contribution in [1.29, 1.82) is 0 Å². The molecule has 3 amide bonds. The third kappa shape index (κ3) is 6.96. The first kappa shape index (κ1) is 17.8. The third-order valence-electron chi connectivity index (χ3n) is 2.74. The fraction of sp³-hybridized carbons (Fsp3) is 0.429. The normalized spacial score (nSPS) is 11.0. The van der Waals surface area contributed by atoms with Gasteiger partial charge in [0, 0.05) is 32.7 Å². The molecular formula is C14H18F3N3O2. The summed E-state index contributed by atoms with van der Waals surface area (Å²) in [5.41, 5.74) is 0.498. The standard InChI is InChI=1S/C14H18F3N3O2/c1-20(2)12(21)7-8-18-13(22)19-11-5-3-10(4-6-11)9-14(15,16)17/h3-6H,7-9H2,1-2H3,(H2,18,19,22). The molecule has 5 nitrogen and oxygen atoms in total. The van der Waals surface area contributed by atoms with Gasteiger partial charge in [0.05, 0.1) is 6.42 Å². The van der Waals surface area contributed by atoms with E-state index in [1.807, 2.05) is 0 Å². The van der Waals surface area contributed by atoms with Gasteiger partial charge in [-0.05, 0) is 17.7 Å². The first-order chi connectivity index (χ1) is 10.2. The summed E-state index contributed by atoms with van der Waals surface area (Å²) >= 11 is 0. The zero-order chi connectivity index (χ0) is 16.8. The number of alkyl halides is 3. The summed E-state index contributed by atoms with van der Waals surface area (Å²) in [6.07, 6.45) is -5.09. The van der Waals surface area contributed by atoms with Crippen LogP contribution in [-0.4, -0.2) is 43.7 Å². The average molecular weight is 317 g/mol. The van der Waals surface area contributed by atoms with Gasteiger partial charge in [-0.25, -0.2) is 4.79 Å². The molecule has 0 atom stereocenters. The fourth-order valence-corrected chi connectivity index (χ4v) is 1.62. The van der Waals surface area contributed by atoms with Crippen molar-refractivity contribution in [1.82, 2.24) is 10.2 Å². The molecule has 0 saturated carbocycles. The maximum absolute atomic E-state index is 12.2. The lowest BCUT2D eigenvalue weighted by atomic mass is 10.1. The molecule has 122 valence electrons. The summed E-state index contributed by atoms with van der Waals surface area (Å²) in [5, 5.41) is 4.97. The van der Waals surface area contributed by atoms with Crippen LogP contribution in [0, 0.1) is 0 Å². The van der Waals surface area contributed by atoms with Crippen LogP contribution in [0.15, 0.2) is 24.3 Å². The van der Waals surface area contributed by atoms with E-state index in [0.29, 0.717) is 5.69 Å². The fourth-order valence-electron chi connectivity index (χ4n) is 1.62. The Hall–Kier alpha value is -2.25. The monoisotopic (exact) mass is 317 g/mol. The number of rotatable bonds is 5. The van der Waals surface area contributed by atoms with Gasteiger partial charge in [0.2, 0.25) is 5.91 Å². The van der Waals surface area contributed by atoms with Crippen LogP contribution < -0.4 is 10.6 Å². The van der Waals surface area contributed by atoms with Crippen molar-refractivity contribution in [2.75, 3.05) is 26.0 Å². The van der Waals surface area contributed by atoms with Crippen LogP contribution in [0.5, 0.6) is 0 Å². The highest BCUT2D eigenvalue weighted by atomic mass is 19.4. The minimum absolute atomic E-state index is 0.114. The van der Waals surface area contributed by atoms with E-state index in [9.17, 15) is 22.8 Å². The molecule has 0 fully saturated rings. The van der Waals surface area contributed by atoms with Crippen molar-refractivity contribution in [2.24, 2.45) is 0 Å². The van der Waals surface area contributed by atoms with E-state index in [4.69, 9.17) is 0 Å². The smallest absolute Gasteiger partial charge is 0.349 e. The van der Waals surface area contributed by atoms with Crippen LogP contribution in [0.4, 0.5) is 23.7 Å². The second-order valence-corrected chi connectivity index (χ2v) is 4.91. The number of amides is 3. The van der Waals surface area contributed by atoms with Crippen molar-refractivity contribution in [2.45, 2.75) is 19.0 Å². The van der Waals surface area contributed by atoms with E-state index in [-0.39, 0.29) is 24.4 Å². The van der Waals surface area contributed by atoms with Crippen LogP contribution >= 0.6 is 0 Å². The molecule has 0 aliphatic carbocycles. The summed E-state index contributed by atoms with van der Waals surface area (Å²) < 4.78 is 36.6. The van der Waals surface area contributed by atoms with E-state index in [1.54, 1.807) is 14.1 Å². The summed E-state index contributed by atoms with van der Waals surface area (Å²) in [5.74, 6) is -0.114. The maximum Gasteiger partial charge on any atom is 0.393 e. The average Bonchev–Trinajstić information content (AvgIpc) is 2.39. The number of hydrogen-bond acceptors (Lipinski definition) is 2. The molecule has 1 rings (SSSR count). The molecule has 0 bridgehead atoms. The molecule has 2 N–H and O–H groups in total. The van der Waals surface area contributed by atoms with E-state index in [1.165, 1.54) is 29.2 Å². The zero-order valence-corrected chi connectivity index (χ0v) is 12.3. The minimum Gasteiger partial charge on any atom is -0.349 e. The Morgan fingerprint density at radius 1 is 1.14 bits per heavy atom. The molecule has 0 saturated heterocycles. The van der Waals surface area contributed by atoms with Crippen molar-refractivity contribution in [3.63, 3.8) is 0 Å². The predicted molar refractivity (Wildman–Crippen MR) is 76.5 cm³/mol. The summed E-state index contributed by atoms with van der Waals surface area (Å²) in [6, 6.07) is 4.88. The quantitative estimate of drug-likeness (QED) is 0.876. The number of hydrogen-bond donors (Lipinski definition) is 2. The lowest BCUT2D eigenvalue weighted by molar-refractivity contribution is -0.128. The van der Waals surface area contributed by atoms with E-state index >= 15 is 0 Å². The number of urea groups is 1. The van der Waals surface area contributed by atoms with Crippen LogP contribution in [0.3, 0.4) is 0 Å². The van der Waals surface area contributed by atoms with Crippen molar-refractivity contribution in [3.05, 3.63) is 29.8 Å². The molecule has 1 aromatic carbocycles. The van der Waals surface area contributed by atoms with Crippen molar-refractivity contribution < 1.29 is 22.8 Å². The zero-order valence-electron chi connectivity index (χ0n) is 12.3. The van der Waals surface area contributed by atoms with Gasteiger partial charge >= 0.3 is 12.2 Å². The van der Waals surface area contributed by atoms with Crippen LogP contribution in [0.1, 0.15) is 12.0 Å². The second kappa shape index (κ2) is 7.67. The molecule has 0 spiro atoms. The first-order valence-electron chi connectivity index (χ1n) is 6.58. The van der Waals surface area contributed by atoms with Crippen LogP contribution in [0.25, 0.3) is 0 Å². The number of anilines is 1. The Kier molecular flexibility index (Phi) is 6.21. The molecule has 0 radical (unpaired) electrons. The molecule has 0 unspecified atom stereocenters. The van der Waals surface area contributed by atoms with Gasteiger partial charge in [-0.15, -0.1) is 0 Å². The number of halogens is 3. The molecule has 8 heteroatoms. The van der Waals surface area contributed by atoms with E-state index in [0.717, 1.165) is 0 Å². The molecular weight excluding hydrogens is 299 g/mol. The van der Waals surface area contributed by atoms with Crippen molar-refractivity contribution >= 4 is 17.6 Å². The Morgan fingerprint density at radius 2 is 1.73 bits per heavy atom. The number of carbonyl (C=O) groups is 2. The van der Waals surface area contributed by atoms with Gasteiger partial charge in [0.25, 0.3) is 0 Å². The lowest BCUT2D eigenvalue weighted by Gasteiger charge is -2.11. The van der Waals surface area contributed by atoms with Gasteiger partial charge in [-0.3, -0.25) is 4.79 Å². The largest absolute Gasteiger partial charge is 0.393 e. The molecule has 0 heterocycles. The molecule has 22 heavy (non-hydrogen) atoms. The second-order valence-electron chi connectivity index (χ2n) is 4.91. The van der Waals surface area contributed by atoms with Gasteiger partial charge in [-0.2, -0.15) is 13.2 Å².